The van der Waals surface area contributed by atoms with Crippen LogP contribution in [-0.2, 0) is 13.1 Å². The largest absolute Gasteiger partial charge is 0.338 e. The Kier molecular flexibility index (Phi) is 4.80. The fourth-order valence-corrected chi connectivity index (χ4v) is 4.90. The third kappa shape index (κ3) is 3.17. The molecule has 30 heavy (non-hydrogen) atoms. The van der Waals surface area contributed by atoms with E-state index in [1.165, 1.54) is 11.1 Å². The molecule has 1 unspecified atom stereocenters. The number of H-pyrrole nitrogens is 1. The quantitative estimate of drug-likeness (QED) is 0.687. The van der Waals surface area contributed by atoms with Crippen LogP contribution in [0.5, 0.6) is 0 Å². The lowest BCUT2D eigenvalue weighted by Crippen LogP contribution is -2.23. The van der Waals surface area contributed by atoms with Gasteiger partial charge in [0.25, 0.3) is 5.56 Å². The highest BCUT2D eigenvalue weighted by Crippen LogP contribution is 2.37. The lowest BCUT2D eigenvalue weighted by atomic mass is 9.85. The molecule has 1 fully saturated rings. The molecule has 0 bridgehead atoms. The van der Waals surface area contributed by atoms with Gasteiger partial charge in [0.05, 0.1) is 23.5 Å². The maximum atomic E-state index is 12.7. The molecule has 7 nitrogen and oxygen atoms in total. The van der Waals surface area contributed by atoms with Crippen molar-refractivity contribution in [3.63, 3.8) is 0 Å². The van der Waals surface area contributed by atoms with Gasteiger partial charge in [0.1, 0.15) is 5.39 Å². The third-order valence-corrected chi connectivity index (χ3v) is 6.54. The number of benzene rings is 1. The van der Waals surface area contributed by atoms with Gasteiger partial charge in [0.15, 0.2) is 5.82 Å². The number of fused-ring (bicyclic) bond motifs is 2. The van der Waals surface area contributed by atoms with E-state index in [9.17, 15) is 10.1 Å². The van der Waals surface area contributed by atoms with E-state index in [0.29, 0.717) is 11.2 Å². The van der Waals surface area contributed by atoms with Crippen molar-refractivity contribution in [1.82, 2.24) is 19.7 Å². The first kappa shape index (κ1) is 18.9. The molecule has 1 aliphatic carbocycles. The van der Waals surface area contributed by atoms with Gasteiger partial charge < -0.3 is 10.3 Å². The summed E-state index contributed by atoms with van der Waals surface area (Å²) in [6, 6.07) is 10.7. The molecule has 0 amide bonds. The predicted molar refractivity (Wildman–Crippen MR) is 116 cm³/mol. The van der Waals surface area contributed by atoms with E-state index < -0.39 is 0 Å². The molecule has 1 saturated carbocycles. The summed E-state index contributed by atoms with van der Waals surface area (Å²) in [5.41, 5.74) is 4.23. The van der Waals surface area contributed by atoms with E-state index in [0.717, 1.165) is 56.5 Å². The zero-order chi connectivity index (χ0) is 20.7. The number of nitrogens with one attached hydrogen (secondary N) is 2. The second-order valence-electron chi connectivity index (χ2n) is 8.36. The number of hydrogen-bond donors (Lipinski definition) is 2. The number of pyridine rings is 1. The third-order valence-electron chi connectivity index (χ3n) is 6.54. The van der Waals surface area contributed by atoms with Gasteiger partial charge in [-0.25, -0.2) is 0 Å². The van der Waals surface area contributed by atoms with Crippen LogP contribution in [0.3, 0.4) is 0 Å². The van der Waals surface area contributed by atoms with Crippen molar-refractivity contribution >= 4 is 22.4 Å². The van der Waals surface area contributed by atoms with Crippen LogP contribution in [0.25, 0.3) is 10.9 Å². The van der Waals surface area contributed by atoms with Crippen molar-refractivity contribution in [2.75, 3.05) is 11.9 Å². The fraction of sp³-hybridized carbons (Fsp3) is 0.435. The monoisotopic (exact) mass is 402 g/mol. The Bertz CT molecular complexity index is 1190. The van der Waals surface area contributed by atoms with Crippen LogP contribution in [0, 0.1) is 17.2 Å². The Labute approximate surface area is 175 Å². The smallest absolute Gasteiger partial charge is 0.261 e. The number of hydrogen-bond acceptors (Lipinski definition) is 5. The van der Waals surface area contributed by atoms with E-state index in [1.807, 2.05) is 10.7 Å². The highest BCUT2D eigenvalue weighted by Gasteiger charge is 2.30. The van der Waals surface area contributed by atoms with Gasteiger partial charge in [-0.05, 0) is 48.7 Å². The van der Waals surface area contributed by atoms with Crippen molar-refractivity contribution in [2.45, 2.75) is 51.7 Å². The minimum atomic E-state index is -0.163. The van der Waals surface area contributed by atoms with Gasteiger partial charge in [0.2, 0.25) is 0 Å². The number of nitriles is 1. The number of aromatic amines is 1. The molecule has 1 aliphatic heterocycles. The molecule has 1 aromatic carbocycles. The Morgan fingerprint density at radius 2 is 2.07 bits per heavy atom. The molecule has 2 aromatic heterocycles. The summed E-state index contributed by atoms with van der Waals surface area (Å²) in [5.74, 6) is 0.480. The topological polar surface area (TPSA) is 89.7 Å². The molecule has 5 rings (SSSR count). The Balaban J connectivity index is 1.54. The molecule has 0 radical (unpaired) electrons. The average molecular weight is 403 g/mol. The number of rotatable bonds is 4. The van der Waals surface area contributed by atoms with Gasteiger partial charge in [0, 0.05) is 25.0 Å². The van der Waals surface area contributed by atoms with Crippen molar-refractivity contribution in [3.05, 3.63) is 51.9 Å². The predicted octanol–water partition coefficient (Wildman–Crippen LogP) is 4.06. The summed E-state index contributed by atoms with van der Waals surface area (Å²) in [7, 11) is 0. The van der Waals surface area contributed by atoms with Gasteiger partial charge >= 0.3 is 0 Å². The zero-order valence-corrected chi connectivity index (χ0v) is 17.2. The molecular weight excluding hydrogens is 376 g/mol. The van der Waals surface area contributed by atoms with Crippen molar-refractivity contribution in [3.8, 4) is 6.07 Å². The van der Waals surface area contributed by atoms with Gasteiger partial charge in [-0.2, -0.15) is 10.4 Å². The van der Waals surface area contributed by atoms with Crippen LogP contribution in [0.2, 0.25) is 0 Å². The molecule has 0 saturated heterocycles. The van der Waals surface area contributed by atoms with E-state index in [-0.39, 0.29) is 17.5 Å². The SMILES string of the molecule is CCN1Cc2ccc(Nc3nn([C@H]4CCCCC4C#N)c4cc[nH]c(=O)c34)cc2C1. The lowest BCUT2D eigenvalue weighted by Gasteiger charge is -2.27. The van der Waals surface area contributed by atoms with Crippen LogP contribution < -0.4 is 10.9 Å². The van der Waals surface area contributed by atoms with Gasteiger partial charge in [-0.15, -0.1) is 0 Å². The van der Waals surface area contributed by atoms with Crippen LogP contribution >= 0.6 is 0 Å². The molecule has 2 aliphatic rings. The number of anilines is 2. The van der Waals surface area contributed by atoms with Crippen LogP contribution in [0.1, 0.15) is 49.8 Å². The maximum Gasteiger partial charge on any atom is 0.261 e. The molecule has 0 spiro atoms. The molecule has 3 aromatic rings. The summed E-state index contributed by atoms with van der Waals surface area (Å²) in [6.45, 7) is 5.14. The summed E-state index contributed by atoms with van der Waals surface area (Å²) in [5, 5.41) is 18.4. The van der Waals surface area contributed by atoms with Crippen molar-refractivity contribution in [1.29, 1.82) is 5.26 Å². The molecular formula is C23H26N6O. The summed E-state index contributed by atoms with van der Waals surface area (Å²) in [6.07, 6.45) is 5.60. The Hall–Kier alpha value is -3.11. The van der Waals surface area contributed by atoms with E-state index in [2.05, 4.69) is 46.4 Å². The summed E-state index contributed by atoms with van der Waals surface area (Å²) >= 11 is 0. The molecule has 2 atom stereocenters. The summed E-state index contributed by atoms with van der Waals surface area (Å²) < 4.78 is 1.91. The fourth-order valence-electron chi connectivity index (χ4n) is 4.90. The van der Waals surface area contributed by atoms with Crippen molar-refractivity contribution in [2.24, 2.45) is 5.92 Å². The Morgan fingerprint density at radius 3 is 2.90 bits per heavy atom. The van der Waals surface area contributed by atoms with E-state index >= 15 is 0 Å². The van der Waals surface area contributed by atoms with Crippen LogP contribution in [0.4, 0.5) is 11.5 Å². The minimum absolute atomic E-state index is 0.00160. The normalized spacial score (nSPS) is 21.5. The lowest BCUT2D eigenvalue weighted by molar-refractivity contribution is 0.277. The molecule has 2 N–H and O–H groups in total. The highest BCUT2D eigenvalue weighted by molar-refractivity contribution is 5.91. The van der Waals surface area contributed by atoms with Crippen LogP contribution in [0.15, 0.2) is 35.3 Å². The first-order chi connectivity index (χ1) is 14.7. The maximum absolute atomic E-state index is 12.7. The second-order valence-corrected chi connectivity index (χ2v) is 8.36. The molecule has 3 heterocycles. The van der Waals surface area contributed by atoms with Crippen molar-refractivity contribution < 1.29 is 0 Å². The zero-order valence-electron chi connectivity index (χ0n) is 17.2. The standard InChI is InChI=1S/C23H26N6O/c1-2-28-13-16-7-8-18(11-17(16)14-28)26-22-21-20(9-10-25-23(21)30)29(27-22)19-6-4-3-5-15(19)12-24/h7-11,15,19H,2-6,13-14H2,1H3,(H,25,30)(H,26,27)/t15?,19-/m0/s1. The molecule has 154 valence electrons. The Morgan fingerprint density at radius 1 is 1.23 bits per heavy atom. The van der Waals surface area contributed by atoms with E-state index in [4.69, 9.17) is 5.10 Å². The van der Waals surface area contributed by atoms with Gasteiger partial charge in [-0.1, -0.05) is 25.8 Å². The number of aromatic nitrogens is 3. The average Bonchev–Trinajstić information content (AvgIpc) is 3.35. The first-order valence-corrected chi connectivity index (χ1v) is 10.8. The van der Waals surface area contributed by atoms with Gasteiger partial charge in [-0.3, -0.25) is 14.4 Å². The van der Waals surface area contributed by atoms with E-state index in [1.54, 1.807) is 6.20 Å². The first-order valence-electron chi connectivity index (χ1n) is 10.8. The number of nitrogens with zero attached hydrogens (tertiary/aromatic N) is 4. The minimum Gasteiger partial charge on any atom is -0.338 e. The summed E-state index contributed by atoms with van der Waals surface area (Å²) in [4.78, 5) is 17.9. The molecule has 7 heteroatoms. The van der Waals surface area contributed by atoms with Crippen LogP contribution in [-0.4, -0.2) is 26.2 Å². The second kappa shape index (κ2) is 7.62. The highest BCUT2D eigenvalue weighted by atomic mass is 16.1.